The lowest BCUT2D eigenvalue weighted by molar-refractivity contribution is -0.384. The number of amides is 1. The van der Waals surface area contributed by atoms with E-state index in [0.717, 1.165) is 37.0 Å². The van der Waals surface area contributed by atoms with Crippen molar-refractivity contribution in [3.63, 3.8) is 0 Å². The molecule has 5 rings (SSSR count). The molecule has 0 spiro atoms. The maximum atomic E-state index is 12.2. The lowest BCUT2D eigenvalue weighted by atomic mass is 9.53. The van der Waals surface area contributed by atoms with Gasteiger partial charge in [-0.3, -0.25) is 20.2 Å². The zero-order valence-corrected chi connectivity index (χ0v) is 16.9. The Morgan fingerprint density at radius 1 is 1.21 bits per heavy atom. The fraction of sp³-hybridized carbons (Fsp3) is 0.500. The van der Waals surface area contributed by atoms with Gasteiger partial charge in [-0.05, 0) is 86.2 Å². The maximum Gasteiger partial charge on any atom is 0.288 e. The number of thiocarbonyl (C=S) groups is 1. The number of carbonyl (C=O) groups is 1. The third-order valence-electron chi connectivity index (χ3n) is 6.25. The summed E-state index contributed by atoms with van der Waals surface area (Å²) in [5, 5.41) is 17.5. The molecule has 1 aromatic carbocycles. The molecule has 4 saturated carbocycles. The quantitative estimate of drug-likeness (QED) is 0.330. The molecule has 0 unspecified atom stereocenters. The van der Waals surface area contributed by atoms with Gasteiger partial charge in [-0.1, -0.05) is 17.7 Å². The van der Waals surface area contributed by atoms with Crippen LogP contribution in [-0.4, -0.2) is 21.5 Å². The highest BCUT2D eigenvalue weighted by Crippen LogP contribution is 2.55. The number of nitro benzene ring substituents is 1. The molecule has 148 valence electrons. The van der Waals surface area contributed by atoms with Gasteiger partial charge in [-0.15, -0.1) is 0 Å². The summed E-state index contributed by atoms with van der Waals surface area (Å²) >= 11 is 11.2. The summed E-state index contributed by atoms with van der Waals surface area (Å²) in [5.41, 5.74) is 0.369. The van der Waals surface area contributed by atoms with E-state index in [2.05, 4.69) is 10.6 Å². The number of halogens is 1. The Labute approximate surface area is 173 Å². The molecule has 1 aromatic rings. The number of nitro groups is 1. The second-order valence-electron chi connectivity index (χ2n) is 8.44. The Bertz CT molecular complexity index is 835. The van der Waals surface area contributed by atoms with Crippen LogP contribution in [0.15, 0.2) is 24.3 Å². The number of hydrogen-bond donors (Lipinski definition) is 2. The highest BCUT2D eigenvalue weighted by molar-refractivity contribution is 7.80. The monoisotopic (exact) mass is 419 g/mol. The number of rotatable bonds is 4. The molecule has 0 aromatic heterocycles. The van der Waals surface area contributed by atoms with Crippen LogP contribution in [0.25, 0.3) is 6.08 Å². The van der Waals surface area contributed by atoms with Crippen molar-refractivity contribution >= 4 is 46.6 Å². The molecule has 1 amide bonds. The summed E-state index contributed by atoms with van der Waals surface area (Å²) in [5.74, 6) is 2.01. The van der Waals surface area contributed by atoms with Gasteiger partial charge in [-0.25, -0.2) is 0 Å². The fourth-order valence-corrected chi connectivity index (χ4v) is 6.14. The summed E-state index contributed by atoms with van der Waals surface area (Å²) in [6, 6.07) is 4.39. The first-order valence-corrected chi connectivity index (χ1v) is 10.4. The Morgan fingerprint density at radius 2 is 1.82 bits per heavy atom. The minimum Gasteiger partial charge on any atom is -0.357 e. The van der Waals surface area contributed by atoms with Gasteiger partial charge in [0, 0.05) is 17.7 Å². The van der Waals surface area contributed by atoms with Gasteiger partial charge in [0.1, 0.15) is 5.02 Å². The van der Waals surface area contributed by atoms with E-state index in [4.69, 9.17) is 23.8 Å². The molecular weight excluding hydrogens is 398 g/mol. The van der Waals surface area contributed by atoms with Crippen molar-refractivity contribution < 1.29 is 9.72 Å². The standard InChI is InChI=1S/C20H22ClN3O3S/c21-16-3-1-12(8-17(16)24(26)27)2-4-18(25)22-19(28)23-20-9-13-5-14(10-20)7-15(6-13)11-20/h1-4,8,13-15H,5-7,9-11H2,(H2,22,23,25,28)/b4-2+. The van der Waals surface area contributed by atoms with Crippen molar-refractivity contribution in [1.29, 1.82) is 0 Å². The summed E-state index contributed by atoms with van der Waals surface area (Å²) in [6.45, 7) is 0. The molecule has 0 saturated heterocycles. The number of nitrogens with one attached hydrogen (secondary N) is 2. The van der Waals surface area contributed by atoms with Crippen LogP contribution in [0.1, 0.15) is 44.1 Å². The van der Waals surface area contributed by atoms with Crippen molar-refractivity contribution in [3.05, 3.63) is 45.0 Å². The second-order valence-corrected chi connectivity index (χ2v) is 9.26. The van der Waals surface area contributed by atoms with Crippen molar-refractivity contribution in [2.75, 3.05) is 0 Å². The normalized spacial score (nSPS) is 30.4. The van der Waals surface area contributed by atoms with E-state index in [0.29, 0.717) is 10.7 Å². The molecule has 4 fully saturated rings. The van der Waals surface area contributed by atoms with Crippen molar-refractivity contribution in [2.24, 2.45) is 17.8 Å². The lowest BCUT2D eigenvalue weighted by Gasteiger charge is -2.57. The van der Waals surface area contributed by atoms with E-state index in [1.165, 1.54) is 43.5 Å². The van der Waals surface area contributed by atoms with Crippen molar-refractivity contribution in [3.8, 4) is 0 Å². The van der Waals surface area contributed by atoms with Gasteiger partial charge in [-0.2, -0.15) is 0 Å². The van der Waals surface area contributed by atoms with E-state index in [9.17, 15) is 14.9 Å². The second kappa shape index (κ2) is 7.44. The fourth-order valence-electron chi connectivity index (χ4n) is 5.63. The number of carbonyl (C=O) groups excluding carboxylic acids is 1. The zero-order valence-electron chi connectivity index (χ0n) is 15.3. The smallest absolute Gasteiger partial charge is 0.288 e. The number of nitrogens with zero attached hydrogens (tertiary/aromatic N) is 1. The Hall–Kier alpha value is -1.99. The van der Waals surface area contributed by atoms with Gasteiger partial charge in [0.05, 0.1) is 4.92 Å². The van der Waals surface area contributed by atoms with Gasteiger partial charge < -0.3 is 5.32 Å². The molecule has 4 aliphatic carbocycles. The molecule has 28 heavy (non-hydrogen) atoms. The molecule has 0 aliphatic heterocycles. The predicted molar refractivity (Wildman–Crippen MR) is 112 cm³/mol. The summed E-state index contributed by atoms with van der Waals surface area (Å²) in [4.78, 5) is 22.6. The van der Waals surface area contributed by atoms with E-state index in [-0.39, 0.29) is 22.2 Å². The molecule has 0 atom stereocenters. The molecule has 4 aliphatic rings. The zero-order chi connectivity index (χ0) is 19.9. The lowest BCUT2D eigenvalue weighted by Crippen LogP contribution is -2.61. The third-order valence-corrected chi connectivity index (χ3v) is 6.77. The predicted octanol–water partition coefficient (Wildman–Crippen LogP) is 4.22. The van der Waals surface area contributed by atoms with E-state index >= 15 is 0 Å². The van der Waals surface area contributed by atoms with Crippen LogP contribution in [0, 0.1) is 27.9 Å². The van der Waals surface area contributed by atoms with Crippen LogP contribution in [0.2, 0.25) is 5.02 Å². The van der Waals surface area contributed by atoms with E-state index in [1.807, 2.05) is 0 Å². The number of hydrogen-bond acceptors (Lipinski definition) is 4. The first-order chi connectivity index (χ1) is 13.3. The Balaban J connectivity index is 1.35. The third kappa shape index (κ3) is 4.05. The largest absolute Gasteiger partial charge is 0.357 e. The van der Waals surface area contributed by atoms with Gasteiger partial charge >= 0.3 is 0 Å². The molecular formula is C20H22ClN3O3S. The van der Waals surface area contributed by atoms with Crippen LogP contribution in [0.3, 0.4) is 0 Å². The van der Waals surface area contributed by atoms with Gasteiger partial charge in [0.15, 0.2) is 5.11 Å². The molecule has 0 radical (unpaired) electrons. The first kappa shape index (κ1) is 19.3. The Kier molecular flexibility index (Phi) is 5.14. The average molecular weight is 420 g/mol. The average Bonchev–Trinajstić information content (AvgIpc) is 2.58. The van der Waals surface area contributed by atoms with Crippen molar-refractivity contribution in [1.82, 2.24) is 10.6 Å². The van der Waals surface area contributed by atoms with Crippen LogP contribution >= 0.6 is 23.8 Å². The molecule has 2 N–H and O–H groups in total. The van der Waals surface area contributed by atoms with Gasteiger partial charge in [0.2, 0.25) is 5.91 Å². The van der Waals surface area contributed by atoms with Crippen LogP contribution in [0.5, 0.6) is 0 Å². The Morgan fingerprint density at radius 3 is 2.39 bits per heavy atom. The van der Waals surface area contributed by atoms with Crippen LogP contribution < -0.4 is 10.6 Å². The van der Waals surface area contributed by atoms with Gasteiger partial charge in [0.25, 0.3) is 5.69 Å². The maximum absolute atomic E-state index is 12.2. The summed E-state index contributed by atoms with van der Waals surface area (Å²) in [7, 11) is 0. The molecule has 4 bridgehead atoms. The first-order valence-electron chi connectivity index (χ1n) is 9.57. The number of benzene rings is 1. The topological polar surface area (TPSA) is 84.3 Å². The van der Waals surface area contributed by atoms with Crippen LogP contribution in [-0.2, 0) is 4.79 Å². The summed E-state index contributed by atoms with van der Waals surface area (Å²) in [6.07, 6.45) is 10.3. The van der Waals surface area contributed by atoms with E-state index in [1.54, 1.807) is 6.07 Å². The molecule has 8 heteroatoms. The molecule has 0 heterocycles. The molecule has 6 nitrogen and oxygen atoms in total. The van der Waals surface area contributed by atoms with Crippen LogP contribution in [0.4, 0.5) is 5.69 Å². The summed E-state index contributed by atoms with van der Waals surface area (Å²) < 4.78 is 0. The minimum atomic E-state index is -0.551. The van der Waals surface area contributed by atoms with Crippen molar-refractivity contribution in [2.45, 2.75) is 44.1 Å². The SMILES string of the molecule is O=C(/C=C/c1ccc(Cl)c([N+](=O)[O-])c1)NC(=S)NC12CC3CC(CC(C3)C1)C2. The highest BCUT2D eigenvalue weighted by Gasteiger charge is 2.51. The van der Waals surface area contributed by atoms with E-state index < -0.39 is 4.92 Å². The minimum absolute atomic E-state index is 0.0413. The highest BCUT2D eigenvalue weighted by atomic mass is 35.5.